The van der Waals surface area contributed by atoms with Crippen molar-refractivity contribution in [3.63, 3.8) is 0 Å². The standard InChI is InChI=1S/C26H25F7N2O3/c1-2-34-18-9-11-19(12-10-18)37-20-7-3-5-16(13-20)23(35-15-22(36)25(29,30)31)17-6-4-8-21(14-17)38-26(32,33)24(27)28/h3-14,22-24,34-36H,2,15H2,1H3. The van der Waals surface area contributed by atoms with Crippen LogP contribution in [0.15, 0.2) is 72.8 Å². The molecule has 12 heteroatoms. The molecule has 0 aliphatic rings. The van der Waals surface area contributed by atoms with Crippen molar-refractivity contribution in [3.05, 3.63) is 83.9 Å². The van der Waals surface area contributed by atoms with Crippen molar-refractivity contribution < 1.29 is 45.3 Å². The minimum absolute atomic E-state index is 0.120. The Hall–Kier alpha value is -3.51. The van der Waals surface area contributed by atoms with Crippen molar-refractivity contribution in [1.82, 2.24) is 5.32 Å². The van der Waals surface area contributed by atoms with Gasteiger partial charge in [-0.15, -0.1) is 0 Å². The molecular weight excluding hydrogens is 521 g/mol. The SMILES string of the molecule is CCNc1ccc(Oc2cccc(C(NCC(O)C(F)(F)F)c3cccc(OC(F)(F)C(F)F)c3)c2)cc1. The fourth-order valence-corrected chi connectivity index (χ4v) is 3.47. The molecule has 3 aromatic carbocycles. The van der Waals surface area contributed by atoms with E-state index in [1.165, 1.54) is 18.2 Å². The number of benzene rings is 3. The Balaban J connectivity index is 1.91. The van der Waals surface area contributed by atoms with Gasteiger partial charge in [0.2, 0.25) is 0 Å². The van der Waals surface area contributed by atoms with Gasteiger partial charge in [0.05, 0.1) is 6.04 Å². The van der Waals surface area contributed by atoms with Crippen molar-refractivity contribution in [2.45, 2.75) is 37.8 Å². The van der Waals surface area contributed by atoms with Gasteiger partial charge < -0.3 is 25.2 Å². The second kappa shape index (κ2) is 12.4. The number of hydrogen-bond acceptors (Lipinski definition) is 5. The molecule has 3 rings (SSSR count). The van der Waals surface area contributed by atoms with Gasteiger partial charge in [-0.05, 0) is 66.6 Å². The summed E-state index contributed by atoms with van der Waals surface area (Å²) in [5, 5.41) is 15.2. The Bertz CT molecular complexity index is 1170. The summed E-state index contributed by atoms with van der Waals surface area (Å²) >= 11 is 0. The summed E-state index contributed by atoms with van der Waals surface area (Å²) in [5.41, 5.74) is 1.34. The Morgan fingerprint density at radius 3 is 1.95 bits per heavy atom. The lowest BCUT2D eigenvalue weighted by Crippen LogP contribution is -2.40. The average molecular weight is 546 g/mol. The normalized spacial score (nSPS) is 13.7. The molecule has 3 N–H and O–H groups in total. The highest BCUT2D eigenvalue weighted by molar-refractivity contribution is 5.47. The maximum Gasteiger partial charge on any atom is 0.461 e. The van der Waals surface area contributed by atoms with Gasteiger partial charge in [0.15, 0.2) is 6.10 Å². The van der Waals surface area contributed by atoms with E-state index in [2.05, 4.69) is 15.4 Å². The summed E-state index contributed by atoms with van der Waals surface area (Å²) in [4.78, 5) is 0. The number of aliphatic hydroxyl groups is 1. The van der Waals surface area contributed by atoms with E-state index in [0.29, 0.717) is 17.1 Å². The van der Waals surface area contributed by atoms with E-state index < -0.39 is 43.2 Å². The van der Waals surface area contributed by atoms with Crippen LogP contribution in [-0.2, 0) is 0 Å². The number of halogens is 7. The van der Waals surface area contributed by atoms with Crippen LogP contribution in [0, 0.1) is 0 Å². The lowest BCUT2D eigenvalue weighted by Gasteiger charge is -2.24. The minimum Gasteiger partial charge on any atom is -0.457 e. The number of alkyl halides is 7. The van der Waals surface area contributed by atoms with Crippen LogP contribution in [0.25, 0.3) is 0 Å². The molecule has 5 nitrogen and oxygen atoms in total. The van der Waals surface area contributed by atoms with Crippen LogP contribution in [-0.4, -0.2) is 43.0 Å². The van der Waals surface area contributed by atoms with Gasteiger partial charge in [-0.3, -0.25) is 0 Å². The van der Waals surface area contributed by atoms with Gasteiger partial charge >= 0.3 is 18.7 Å². The fourth-order valence-electron chi connectivity index (χ4n) is 3.47. The van der Waals surface area contributed by atoms with Gasteiger partial charge in [-0.1, -0.05) is 24.3 Å². The van der Waals surface area contributed by atoms with Crippen LogP contribution in [0.4, 0.5) is 36.4 Å². The molecule has 0 saturated carbocycles. The summed E-state index contributed by atoms with van der Waals surface area (Å²) < 4.78 is 101. The number of rotatable bonds is 12. The largest absolute Gasteiger partial charge is 0.461 e. The zero-order chi connectivity index (χ0) is 27.9. The first-order chi connectivity index (χ1) is 17.9. The molecule has 0 aliphatic carbocycles. The van der Waals surface area contributed by atoms with Crippen molar-refractivity contribution in [1.29, 1.82) is 0 Å². The maximum atomic E-state index is 13.4. The number of aliphatic hydroxyl groups excluding tert-OH is 1. The zero-order valence-corrected chi connectivity index (χ0v) is 20.0. The Morgan fingerprint density at radius 1 is 0.816 bits per heavy atom. The van der Waals surface area contributed by atoms with Crippen molar-refractivity contribution in [3.8, 4) is 17.2 Å². The number of ether oxygens (including phenoxy) is 2. The molecule has 0 fully saturated rings. The smallest absolute Gasteiger partial charge is 0.457 e. The molecule has 0 heterocycles. The van der Waals surface area contributed by atoms with Crippen LogP contribution in [0.3, 0.4) is 0 Å². The van der Waals surface area contributed by atoms with E-state index in [4.69, 9.17) is 4.74 Å². The summed E-state index contributed by atoms with van der Waals surface area (Å²) in [7, 11) is 0. The van der Waals surface area contributed by atoms with E-state index in [0.717, 1.165) is 24.4 Å². The van der Waals surface area contributed by atoms with Crippen LogP contribution in [0.2, 0.25) is 0 Å². The maximum absolute atomic E-state index is 13.4. The molecule has 2 unspecified atom stereocenters. The third kappa shape index (κ3) is 7.99. The number of hydrogen-bond donors (Lipinski definition) is 3. The Labute approximate surface area is 214 Å². The van der Waals surface area contributed by atoms with Gasteiger partial charge in [0, 0.05) is 18.8 Å². The van der Waals surface area contributed by atoms with Crippen LogP contribution < -0.4 is 20.1 Å². The molecule has 0 radical (unpaired) electrons. The highest BCUT2D eigenvalue weighted by Crippen LogP contribution is 2.33. The Kier molecular flexibility index (Phi) is 9.45. The van der Waals surface area contributed by atoms with E-state index in [9.17, 15) is 35.8 Å². The monoisotopic (exact) mass is 546 g/mol. The van der Waals surface area contributed by atoms with E-state index in [-0.39, 0.29) is 5.56 Å². The van der Waals surface area contributed by atoms with Crippen LogP contribution >= 0.6 is 0 Å². The molecule has 0 aromatic heterocycles. The Morgan fingerprint density at radius 2 is 1.39 bits per heavy atom. The molecule has 206 valence electrons. The molecule has 38 heavy (non-hydrogen) atoms. The van der Waals surface area contributed by atoms with Gasteiger partial charge in [-0.25, -0.2) is 0 Å². The lowest BCUT2D eigenvalue weighted by atomic mass is 9.98. The first-order valence-electron chi connectivity index (χ1n) is 11.4. The summed E-state index contributed by atoms with van der Waals surface area (Å²) in [5.74, 6) is 0.174. The predicted octanol–water partition coefficient (Wildman–Crippen LogP) is 6.75. The van der Waals surface area contributed by atoms with Crippen LogP contribution in [0.1, 0.15) is 24.1 Å². The zero-order valence-electron chi connectivity index (χ0n) is 20.0. The molecule has 0 bridgehead atoms. The lowest BCUT2D eigenvalue weighted by molar-refractivity contribution is -0.253. The fraction of sp³-hybridized carbons (Fsp3) is 0.308. The van der Waals surface area contributed by atoms with Gasteiger partial charge in [-0.2, -0.15) is 30.7 Å². The molecular formula is C26H25F7N2O3. The van der Waals surface area contributed by atoms with E-state index >= 15 is 0 Å². The summed E-state index contributed by atoms with van der Waals surface area (Å²) in [6, 6.07) is 16.8. The van der Waals surface area contributed by atoms with Crippen molar-refractivity contribution in [2.75, 3.05) is 18.4 Å². The quantitative estimate of drug-likeness (QED) is 0.220. The second-order valence-corrected chi connectivity index (χ2v) is 8.16. The van der Waals surface area contributed by atoms with Crippen molar-refractivity contribution in [2.24, 2.45) is 0 Å². The van der Waals surface area contributed by atoms with Gasteiger partial charge in [0.25, 0.3) is 0 Å². The summed E-state index contributed by atoms with van der Waals surface area (Å²) in [6.45, 7) is 1.73. The molecule has 0 aliphatic heterocycles. The molecule has 0 saturated heterocycles. The van der Waals surface area contributed by atoms with E-state index in [1.54, 1.807) is 42.5 Å². The minimum atomic E-state index is -4.91. The number of nitrogens with one attached hydrogen (secondary N) is 2. The van der Waals surface area contributed by atoms with Gasteiger partial charge in [0.1, 0.15) is 17.2 Å². The highest BCUT2D eigenvalue weighted by Gasteiger charge is 2.44. The highest BCUT2D eigenvalue weighted by atomic mass is 19.4. The summed E-state index contributed by atoms with van der Waals surface area (Å²) in [6.07, 6.45) is -16.5. The molecule has 2 atom stereocenters. The number of anilines is 1. The van der Waals surface area contributed by atoms with E-state index in [1.807, 2.05) is 6.92 Å². The first-order valence-corrected chi connectivity index (χ1v) is 11.4. The third-order valence-electron chi connectivity index (χ3n) is 5.25. The second-order valence-electron chi connectivity index (χ2n) is 8.16. The third-order valence-corrected chi connectivity index (χ3v) is 5.25. The molecule has 3 aromatic rings. The average Bonchev–Trinajstić information content (AvgIpc) is 2.85. The predicted molar refractivity (Wildman–Crippen MR) is 127 cm³/mol. The first kappa shape index (κ1) is 29.1. The topological polar surface area (TPSA) is 62.8 Å². The van der Waals surface area contributed by atoms with Crippen molar-refractivity contribution >= 4 is 5.69 Å². The molecule has 0 spiro atoms. The van der Waals surface area contributed by atoms with Crippen LogP contribution in [0.5, 0.6) is 17.2 Å². The molecule has 0 amide bonds.